The predicted molar refractivity (Wildman–Crippen MR) is 59.6 cm³/mol. The van der Waals surface area contributed by atoms with Crippen LogP contribution in [0.4, 0.5) is 0 Å². The number of aromatic hydroxyl groups is 1. The summed E-state index contributed by atoms with van der Waals surface area (Å²) >= 11 is 0. The highest BCUT2D eigenvalue weighted by Gasteiger charge is 2.25. The average Bonchev–Trinajstić information content (AvgIpc) is 2.89. The Morgan fingerprint density at radius 2 is 2.00 bits per heavy atom. The van der Waals surface area contributed by atoms with E-state index in [0.29, 0.717) is 5.75 Å². The second-order valence-electron chi connectivity index (χ2n) is 3.84. The molecule has 1 fully saturated rings. The standard InChI is InChI=1S/C11H15NO.ClH/c12-10(7-8-5-6-8)9-3-1-2-4-11(9)13;/h1-4,8,10,13H,5-7,12H2;1H/t10-;/m0./s1. The van der Waals surface area contributed by atoms with Crippen LogP contribution in [0.5, 0.6) is 5.75 Å². The number of para-hydroxylation sites is 1. The summed E-state index contributed by atoms with van der Waals surface area (Å²) in [7, 11) is 0. The fourth-order valence-corrected chi connectivity index (χ4v) is 1.64. The van der Waals surface area contributed by atoms with E-state index in [-0.39, 0.29) is 18.4 Å². The van der Waals surface area contributed by atoms with Crippen LogP contribution >= 0.6 is 12.4 Å². The number of hydrogen-bond donors (Lipinski definition) is 2. The molecular weight excluding hydrogens is 198 g/mol. The van der Waals surface area contributed by atoms with E-state index >= 15 is 0 Å². The van der Waals surface area contributed by atoms with E-state index in [1.807, 2.05) is 18.2 Å². The van der Waals surface area contributed by atoms with Crippen molar-refractivity contribution in [2.75, 3.05) is 0 Å². The third kappa shape index (κ3) is 2.63. The molecule has 0 unspecified atom stereocenters. The number of benzene rings is 1. The summed E-state index contributed by atoms with van der Waals surface area (Å²) in [4.78, 5) is 0. The average molecular weight is 214 g/mol. The van der Waals surface area contributed by atoms with Gasteiger partial charge < -0.3 is 10.8 Å². The molecule has 1 aromatic rings. The van der Waals surface area contributed by atoms with Crippen LogP contribution in [0, 0.1) is 5.92 Å². The van der Waals surface area contributed by atoms with Gasteiger partial charge in [-0.15, -0.1) is 12.4 Å². The Morgan fingerprint density at radius 3 is 2.57 bits per heavy atom. The van der Waals surface area contributed by atoms with Crippen molar-refractivity contribution < 1.29 is 5.11 Å². The Bertz CT molecular complexity index is 299. The fraction of sp³-hybridized carbons (Fsp3) is 0.455. The first-order chi connectivity index (χ1) is 6.27. The first-order valence-corrected chi connectivity index (χ1v) is 4.81. The molecule has 0 radical (unpaired) electrons. The van der Waals surface area contributed by atoms with Crippen molar-refractivity contribution in [1.29, 1.82) is 0 Å². The van der Waals surface area contributed by atoms with E-state index in [1.165, 1.54) is 12.8 Å². The van der Waals surface area contributed by atoms with E-state index in [2.05, 4.69) is 0 Å². The number of phenols is 1. The van der Waals surface area contributed by atoms with Gasteiger partial charge in [0.25, 0.3) is 0 Å². The van der Waals surface area contributed by atoms with E-state index in [1.54, 1.807) is 6.07 Å². The number of phenolic OH excluding ortho intramolecular Hbond substituents is 1. The SMILES string of the molecule is Cl.N[C@@H](CC1CC1)c1ccccc1O. The Hall–Kier alpha value is -0.730. The quantitative estimate of drug-likeness (QED) is 0.811. The minimum Gasteiger partial charge on any atom is -0.508 e. The summed E-state index contributed by atoms with van der Waals surface area (Å²) in [5.74, 6) is 1.13. The van der Waals surface area contributed by atoms with Crippen molar-refractivity contribution in [3.05, 3.63) is 29.8 Å². The molecule has 0 spiro atoms. The first kappa shape index (κ1) is 11.3. The molecule has 2 nitrogen and oxygen atoms in total. The van der Waals surface area contributed by atoms with Crippen molar-refractivity contribution in [2.24, 2.45) is 11.7 Å². The van der Waals surface area contributed by atoms with E-state index in [0.717, 1.165) is 17.9 Å². The van der Waals surface area contributed by atoms with Crippen LogP contribution in [0.25, 0.3) is 0 Å². The lowest BCUT2D eigenvalue weighted by Gasteiger charge is -2.12. The summed E-state index contributed by atoms with van der Waals surface area (Å²) in [5, 5.41) is 9.53. The Morgan fingerprint density at radius 1 is 1.36 bits per heavy atom. The van der Waals surface area contributed by atoms with Crippen LogP contribution in [0.3, 0.4) is 0 Å². The normalized spacial score (nSPS) is 17.2. The van der Waals surface area contributed by atoms with Gasteiger partial charge in [0.2, 0.25) is 0 Å². The van der Waals surface area contributed by atoms with E-state index < -0.39 is 0 Å². The molecule has 3 heteroatoms. The Kier molecular flexibility index (Phi) is 3.78. The number of halogens is 1. The largest absolute Gasteiger partial charge is 0.508 e. The molecule has 0 amide bonds. The van der Waals surface area contributed by atoms with Gasteiger partial charge >= 0.3 is 0 Å². The zero-order chi connectivity index (χ0) is 9.26. The lowest BCUT2D eigenvalue weighted by atomic mass is 10.0. The smallest absolute Gasteiger partial charge is 0.120 e. The van der Waals surface area contributed by atoms with Gasteiger partial charge in [0.05, 0.1) is 0 Å². The molecule has 0 heterocycles. The van der Waals surface area contributed by atoms with Crippen LogP contribution < -0.4 is 5.73 Å². The summed E-state index contributed by atoms with van der Waals surface area (Å²) in [6.45, 7) is 0. The lowest BCUT2D eigenvalue weighted by Crippen LogP contribution is -2.10. The van der Waals surface area contributed by atoms with Crippen molar-refractivity contribution in [3.63, 3.8) is 0 Å². The predicted octanol–water partition coefficient (Wildman–Crippen LogP) is 2.61. The third-order valence-electron chi connectivity index (χ3n) is 2.62. The molecule has 2 rings (SSSR count). The maximum Gasteiger partial charge on any atom is 0.120 e. The van der Waals surface area contributed by atoms with Gasteiger partial charge in [-0.3, -0.25) is 0 Å². The Balaban J connectivity index is 0.000000980. The summed E-state index contributed by atoms with van der Waals surface area (Å²) in [6.07, 6.45) is 3.63. The van der Waals surface area contributed by atoms with Crippen molar-refractivity contribution in [1.82, 2.24) is 0 Å². The molecule has 78 valence electrons. The molecule has 1 aromatic carbocycles. The fourth-order valence-electron chi connectivity index (χ4n) is 1.64. The van der Waals surface area contributed by atoms with Crippen LogP contribution in [-0.2, 0) is 0 Å². The monoisotopic (exact) mass is 213 g/mol. The molecule has 1 aliphatic rings. The highest BCUT2D eigenvalue weighted by molar-refractivity contribution is 5.85. The van der Waals surface area contributed by atoms with Crippen molar-refractivity contribution >= 4 is 12.4 Å². The molecule has 1 aliphatic carbocycles. The zero-order valence-electron chi connectivity index (χ0n) is 8.02. The molecule has 0 aliphatic heterocycles. The number of hydrogen-bond acceptors (Lipinski definition) is 2. The van der Waals surface area contributed by atoms with Gasteiger partial charge in [-0.05, 0) is 18.4 Å². The molecule has 14 heavy (non-hydrogen) atoms. The molecule has 0 aromatic heterocycles. The molecule has 3 N–H and O–H groups in total. The van der Waals surface area contributed by atoms with Gasteiger partial charge in [-0.1, -0.05) is 31.0 Å². The summed E-state index contributed by atoms with van der Waals surface area (Å²) in [6, 6.07) is 7.35. The van der Waals surface area contributed by atoms with Gasteiger partial charge in [0.1, 0.15) is 5.75 Å². The second kappa shape index (κ2) is 4.67. The summed E-state index contributed by atoms with van der Waals surface area (Å²) < 4.78 is 0. The highest BCUT2D eigenvalue weighted by Crippen LogP contribution is 2.38. The van der Waals surface area contributed by atoms with E-state index in [9.17, 15) is 5.11 Å². The zero-order valence-corrected chi connectivity index (χ0v) is 8.83. The van der Waals surface area contributed by atoms with Gasteiger partial charge in [-0.2, -0.15) is 0 Å². The van der Waals surface area contributed by atoms with Crippen molar-refractivity contribution in [2.45, 2.75) is 25.3 Å². The molecular formula is C11H16ClNO. The van der Waals surface area contributed by atoms with Gasteiger partial charge in [-0.25, -0.2) is 0 Å². The Labute approximate surface area is 90.5 Å². The third-order valence-corrected chi connectivity index (χ3v) is 2.62. The first-order valence-electron chi connectivity index (χ1n) is 4.81. The molecule has 0 bridgehead atoms. The lowest BCUT2D eigenvalue weighted by molar-refractivity contribution is 0.455. The van der Waals surface area contributed by atoms with Gasteiger partial charge in [0.15, 0.2) is 0 Å². The summed E-state index contributed by atoms with van der Waals surface area (Å²) in [5.41, 5.74) is 6.86. The minimum atomic E-state index is 0. The van der Waals surface area contributed by atoms with Crippen LogP contribution in [0.2, 0.25) is 0 Å². The minimum absolute atomic E-state index is 0. The molecule has 1 atom stereocenters. The maximum absolute atomic E-state index is 9.53. The number of rotatable bonds is 3. The van der Waals surface area contributed by atoms with Crippen molar-refractivity contribution in [3.8, 4) is 5.75 Å². The number of nitrogens with two attached hydrogens (primary N) is 1. The topological polar surface area (TPSA) is 46.2 Å². The van der Waals surface area contributed by atoms with Crippen LogP contribution in [-0.4, -0.2) is 5.11 Å². The van der Waals surface area contributed by atoms with Crippen LogP contribution in [0.15, 0.2) is 24.3 Å². The van der Waals surface area contributed by atoms with Gasteiger partial charge in [0, 0.05) is 11.6 Å². The highest BCUT2D eigenvalue weighted by atomic mass is 35.5. The van der Waals surface area contributed by atoms with Crippen LogP contribution in [0.1, 0.15) is 30.9 Å². The second-order valence-corrected chi connectivity index (χ2v) is 3.84. The molecule has 1 saturated carbocycles. The molecule has 0 saturated heterocycles. The maximum atomic E-state index is 9.53. The van der Waals surface area contributed by atoms with E-state index in [4.69, 9.17) is 5.73 Å².